The number of rotatable bonds is 3. The van der Waals surface area contributed by atoms with E-state index in [0.29, 0.717) is 27.8 Å². The Kier molecular flexibility index (Phi) is 4.10. The Balaban J connectivity index is 2.16. The van der Waals surface area contributed by atoms with E-state index in [1.165, 1.54) is 6.07 Å². The second-order valence-corrected chi connectivity index (χ2v) is 4.84. The molecule has 0 unspecified atom stereocenters. The number of halogens is 3. The third-order valence-electron chi connectivity index (χ3n) is 2.68. The highest BCUT2D eigenvalue weighted by Crippen LogP contribution is 2.29. The monoisotopic (exact) mass is 283 g/mol. The average molecular weight is 284 g/mol. The summed E-state index contributed by atoms with van der Waals surface area (Å²) in [5, 5.41) is 4.29. The number of aryl methyl sites for hydroxylation is 1. The highest BCUT2D eigenvalue weighted by Gasteiger charge is 2.06. The van der Waals surface area contributed by atoms with Crippen molar-refractivity contribution in [1.29, 1.82) is 0 Å². The van der Waals surface area contributed by atoms with Gasteiger partial charge in [0.2, 0.25) is 0 Å². The zero-order chi connectivity index (χ0) is 13.1. The second kappa shape index (κ2) is 5.59. The Morgan fingerprint density at radius 1 is 1.11 bits per heavy atom. The van der Waals surface area contributed by atoms with Crippen LogP contribution >= 0.6 is 23.2 Å². The third-order valence-corrected chi connectivity index (χ3v) is 3.40. The molecular formula is C14H12Cl2FN. The van der Waals surface area contributed by atoms with E-state index in [0.717, 1.165) is 5.56 Å². The van der Waals surface area contributed by atoms with Gasteiger partial charge in [-0.1, -0.05) is 41.4 Å². The topological polar surface area (TPSA) is 12.0 Å². The standard InChI is InChI=1S/C14H12Cl2FN/c1-9-6-12(16)14(7-11(9)15)18-8-10-4-2-3-5-13(10)17/h2-7,18H,8H2,1H3. The summed E-state index contributed by atoms with van der Waals surface area (Å²) in [5.74, 6) is -0.237. The van der Waals surface area contributed by atoms with Gasteiger partial charge in [0.15, 0.2) is 0 Å². The van der Waals surface area contributed by atoms with Gasteiger partial charge in [0.25, 0.3) is 0 Å². The molecule has 0 heterocycles. The van der Waals surface area contributed by atoms with Crippen molar-refractivity contribution >= 4 is 28.9 Å². The van der Waals surface area contributed by atoms with Crippen molar-refractivity contribution in [2.75, 3.05) is 5.32 Å². The zero-order valence-corrected chi connectivity index (χ0v) is 11.3. The van der Waals surface area contributed by atoms with Crippen molar-refractivity contribution in [3.63, 3.8) is 0 Å². The molecule has 1 nitrogen and oxygen atoms in total. The molecule has 0 saturated carbocycles. The minimum absolute atomic E-state index is 0.237. The predicted octanol–water partition coefficient (Wildman–Crippen LogP) is 5.05. The van der Waals surface area contributed by atoms with Gasteiger partial charge < -0.3 is 5.32 Å². The van der Waals surface area contributed by atoms with Gasteiger partial charge in [-0.3, -0.25) is 0 Å². The number of nitrogens with one attached hydrogen (secondary N) is 1. The van der Waals surface area contributed by atoms with Crippen molar-refractivity contribution in [2.24, 2.45) is 0 Å². The predicted molar refractivity (Wildman–Crippen MR) is 74.9 cm³/mol. The van der Waals surface area contributed by atoms with Crippen LogP contribution in [-0.2, 0) is 6.54 Å². The minimum atomic E-state index is -0.237. The van der Waals surface area contributed by atoms with Crippen molar-refractivity contribution in [1.82, 2.24) is 0 Å². The molecule has 0 aliphatic rings. The molecule has 0 saturated heterocycles. The molecule has 0 bridgehead atoms. The molecule has 0 amide bonds. The summed E-state index contributed by atoms with van der Waals surface area (Å²) in [7, 11) is 0. The Bertz CT molecular complexity index is 570. The van der Waals surface area contributed by atoms with Crippen LogP contribution in [0, 0.1) is 12.7 Å². The minimum Gasteiger partial charge on any atom is -0.380 e. The highest BCUT2D eigenvalue weighted by atomic mass is 35.5. The van der Waals surface area contributed by atoms with Crippen LogP contribution in [0.15, 0.2) is 36.4 Å². The molecule has 0 spiro atoms. The number of benzene rings is 2. The first kappa shape index (κ1) is 13.2. The van der Waals surface area contributed by atoms with Gasteiger partial charge >= 0.3 is 0 Å². The normalized spacial score (nSPS) is 10.4. The molecule has 18 heavy (non-hydrogen) atoms. The van der Waals surface area contributed by atoms with Crippen LogP contribution in [0.3, 0.4) is 0 Å². The maximum absolute atomic E-state index is 13.4. The van der Waals surface area contributed by atoms with E-state index in [1.54, 1.807) is 30.3 Å². The molecule has 94 valence electrons. The number of hydrogen-bond donors (Lipinski definition) is 1. The zero-order valence-electron chi connectivity index (χ0n) is 9.81. The van der Waals surface area contributed by atoms with Crippen LogP contribution in [0.1, 0.15) is 11.1 Å². The van der Waals surface area contributed by atoms with Gasteiger partial charge in [-0.25, -0.2) is 4.39 Å². The van der Waals surface area contributed by atoms with Gasteiger partial charge in [0, 0.05) is 17.1 Å². The molecule has 0 atom stereocenters. The molecule has 4 heteroatoms. The maximum atomic E-state index is 13.4. The van der Waals surface area contributed by atoms with Crippen LogP contribution < -0.4 is 5.32 Å². The Labute approximate surface area is 116 Å². The first-order valence-electron chi connectivity index (χ1n) is 5.51. The molecule has 0 radical (unpaired) electrons. The lowest BCUT2D eigenvalue weighted by Crippen LogP contribution is -2.02. The molecule has 2 rings (SSSR count). The highest BCUT2D eigenvalue weighted by molar-refractivity contribution is 6.35. The van der Waals surface area contributed by atoms with E-state index in [9.17, 15) is 4.39 Å². The summed E-state index contributed by atoms with van der Waals surface area (Å²) >= 11 is 12.1. The van der Waals surface area contributed by atoms with E-state index >= 15 is 0 Å². The van der Waals surface area contributed by atoms with E-state index in [2.05, 4.69) is 5.32 Å². The quantitative estimate of drug-likeness (QED) is 0.831. The van der Waals surface area contributed by atoms with Crippen LogP contribution in [0.25, 0.3) is 0 Å². The van der Waals surface area contributed by atoms with Crippen LogP contribution in [0.2, 0.25) is 10.0 Å². The fraction of sp³-hybridized carbons (Fsp3) is 0.143. The Morgan fingerprint density at radius 2 is 1.83 bits per heavy atom. The second-order valence-electron chi connectivity index (χ2n) is 4.03. The van der Waals surface area contributed by atoms with Crippen LogP contribution in [0.4, 0.5) is 10.1 Å². The summed E-state index contributed by atoms with van der Waals surface area (Å²) in [5.41, 5.74) is 2.21. The van der Waals surface area contributed by atoms with Gasteiger partial charge in [-0.2, -0.15) is 0 Å². The fourth-order valence-corrected chi connectivity index (χ4v) is 2.06. The molecule has 0 aromatic heterocycles. The molecule has 1 N–H and O–H groups in total. The molecule has 2 aromatic carbocycles. The fourth-order valence-electron chi connectivity index (χ4n) is 1.61. The lowest BCUT2D eigenvalue weighted by atomic mass is 10.2. The molecule has 0 aliphatic carbocycles. The Hall–Kier alpha value is -1.25. The van der Waals surface area contributed by atoms with Crippen molar-refractivity contribution < 1.29 is 4.39 Å². The van der Waals surface area contributed by atoms with E-state index in [-0.39, 0.29) is 5.82 Å². The summed E-state index contributed by atoms with van der Waals surface area (Å²) in [6.07, 6.45) is 0. The maximum Gasteiger partial charge on any atom is 0.128 e. The van der Waals surface area contributed by atoms with Gasteiger partial charge in [0.1, 0.15) is 5.82 Å². The van der Waals surface area contributed by atoms with Gasteiger partial charge in [-0.15, -0.1) is 0 Å². The first-order valence-corrected chi connectivity index (χ1v) is 6.26. The largest absolute Gasteiger partial charge is 0.380 e. The Morgan fingerprint density at radius 3 is 2.56 bits per heavy atom. The molecule has 2 aromatic rings. The van der Waals surface area contributed by atoms with E-state index < -0.39 is 0 Å². The molecular weight excluding hydrogens is 272 g/mol. The summed E-state index contributed by atoms with van der Waals surface area (Å²) in [6.45, 7) is 2.25. The van der Waals surface area contributed by atoms with Crippen molar-refractivity contribution in [3.8, 4) is 0 Å². The SMILES string of the molecule is Cc1cc(Cl)c(NCc2ccccc2F)cc1Cl. The van der Waals surface area contributed by atoms with Gasteiger partial charge in [0.05, 0.1) is 10.7 Å². The lowest BCUT2D eigenvalue weighted by molar-refractivity contribution is 0.613. The number of anilines is 1. The van der Waals surface area contributed by atoms with Crippen LogP contribution in [-0.4, -0.2) is 0 Å². The summed E-state index contributed by atoms with van der Waals surface area (Å²) < 4.78 is 13.4. The van der Waals surface area contributed by atoms with Crippen LogP contribution in [0.5, 0.6) is 0 Å². The number of hydrogen-bond acceptors (Lipinski definition) is 1. The molecule has 0 aliphatic heterocycles. The van der Waals surface area contributed by atoms with Crippen molar-refractivity contribution in [3.05, 3.63) is 63.4 Å². The summed E-state index contributed by atoms with van der Waals surface area (Å²) in [6, 6.07) is 10.2. The van der Waals surface area contributed by atoms with Gasteiger partial charge in [-0.05, 0) is 30.7 Å². The smallest absolute Gasteiger partial charge is 0.128 e. The molecule has 0 fully saturated rings. The average Bonchev–Trinajstić information content (AvgIpc) is 2.34. The van der Waals surface area contributed by atoms with Crippen molar-refractivity contribution in [2.45, 2.75) is 13.5 Å². The third kappa shape index (κ3) is 2.95. The summed E-state index contributed by atoms with van der Waals surface area (Å²) in [4.78, 5) is 0. The van der Waals surface area contributed by atoms with E-state index in [1.807, 2.05) is 6.92 Å². The van der Waals surface area contributed by atoms with E-state index in [4.69, 9.17) is 23.2 Å². The lowest BCUT2D eigenvalue weighted by Gasteiger charge is -2.11. The first-order chi connectivity index (χ1) is 8.58.